The first-order chi connectivity index (χ1) is 16.0. The molecule has 0 aliphatic heterocycles. The van der Waals surface area contributed by atoms with Gasteiger partial charge in [-0.25, -0.2) is 5.43 Å². The van der Waals surface area contributed by atoms with Gasteiger partial charge in [0.1, 0.15) is 0 Å². The second-order valence-corrected chi connectivity index (χ2v) is 8.80. The fourth-order valence-electron chi connectivity index (χ4n) is 3.14. The summed E-state index contributed by atoms with van der Waals surface area (Å²) in [5.41, 5.74) is 5.94. The predicted molar refractivity (Wildman–Crippen MR) is 132 cm³/mol. The number of carbonyl (C=O) groups is 2. The van der Waals surface area contributed by atoms with E-state index in [2.05, 4.69) is 36.6 Å². The summed E-state index contributed by atoms with van der Waals surface area (Å²) >= 11 is 0. The highest BCUT2D eigenvalue weighted by atomic mass is 16.6. The molecule has 0 radical (unpaired) electrons. The minimum atomic E-state index is -0.489. The van der Waals surface area contributed by atoms with Crippen molar-refractivity contribution in [3.05, 3.63) is 105 Å². The number of nitro groups is 1. The molecule has 2 N–H and O–H groups in total. The van der Waals surface area contributed by atoms with Crippen molar-refractivity contribution in [2.75, 3.05) is 5.32 Å². The van der Waals surface area contributed by atoms with Crippen LogP contribution < -0.4 is 10.7 Å². The van der Waals surface area contributed by atoms with Crippen molar-refractivity contribution in [1.29, 1.82) is 0 Å². The van der Waals surface area contributed by atoms with Crippen LogP contribution >= 0.6 is 0 Å². The van der Waals surface area contributed by atoms with E-state index >= 15 is 0 Å². The highest BCUT2D eigenvalue weighted by molar-refractivity contribution is 6.05. The van der Waals surface area contributed by atoms with Crippen molar-refractivity contribution < 1.29 is 14.5 Å². The van der Waals surface area contributed by atoms with Gasteiger partial charge in [-0.05, 0) is 54.3 Å². The maximum atomic E-state index is 12.5. The third-order valence-electron chi connectivity index (χ3n) is 5.22. The van der Waals surface area contributed by atoms with Gasteiger partial charge < -0.3 is 5.32 Å². The van der Waals surface area contributed by atoms with Gasteiger partial charge in [0.2, 0.25) is 0 Å². The number of hydrogen-bond acceptors (Lipinski definition) is 5. The summed E-state index contributed by atoms with van der Waals surface area (Å²) in [6.45, 7) is 7.98. The van der Waals surface area contributed by atoms with Gasteiger partial charge in [-0.3, -0.25) is 19.7 Å². The molecule has 3 aromatic rings. The lowest BCUT2D eigenvalue weighted by molar-refractivity contribution is -0.384. The van der Waals surface area contributed by atoms with Crippen molar-refractivity contribution >= 4 is 28.9 Å². The number of non-ortho nitro benzene ring substituents is 1. The average molecular weight is 459 g/mol. The smallest absolute Gasteiger partial charge is 0.271 e. The molecule has 0 bridgehead atoms. The lowest BCUT2D eigenvalue weighted by Crippen LogP contribution is -2.19. The Morgan fingerprint density at radius 1 is 0.853 bits per heavy atom. The van der Waals surface area contributed by atoms with Crippen LogP contribution in [0.5, 0.6) is 0 Å². The Morgan fingerprint density at radius 3 is 2.03 bits per heavy atom. The van der Waals surface area contributed by atoms with Crippen LogP contribution in [0.25, 0.3) is 0 Å². The first kappa shape index (κ1) is 24.3. The van der Waals surface area contributed by atoms with Crippen LogP contribution in [0.2, 0.25) is 0 Å². The Morgan fingerprint density at radius 2 is 1.44 bits per heavy atom. The summed E-state index contributed by atoms with van der Waals surface area (Å²) in [4.78, 5) is 35.4. The molecular weight excluding hydrogens is 432 g/mol. The largest absolute Gasteiger partial charge is 0.322 e. The van der Waals surface area contributed by atoms with E-state index in [9.17, 15) is 19.7 Å². The third-order valence-corrected chi connectivity index (χ3v) is 5.22. The zero-order valence-electron chi connectivity index (χ0n) is 19.5. The van der Waals surface area contributed by atoms with Crippen LogP contribution in [-0.2, 0) is 5.41 Å². The van der Waals surface area contributed by atoms with Gasteiger partial charge in [-0.15, -0.1) is 0 Å². The summed E-state index contributed by atoms with van der Waals surface area (Å²) in [6.07, 6.45) is 0. The van der Waals surface area contributed by atoms with Gasteiger partial charge in [0.15, 0.2) is 0 Å². The number of amides is 2. The van der Waals surface area contributed by atoms with Crippen molar-refractivity contribution in [3.8, 4) is 0 Å². The van der Waals surface area contributed by atoms with Gasteiger partial charge >= 0.3 is 0 Å². The highest BCUT2D eigenvalue weighted by Crippen LogP contribution is 2.22. The maximum absolute atomic E-state index is 12.5. The summed E-state index contributed by atoms with van der Waals surface area (Å²) in [7, 11) is 0. The van der Waals surface area contributed by atoms with E-state index in [0.29, 0.717) is 28.1 Å². The van der Waals surface area contributed by atoms with Crippen molar-refractivity contribution in [3.63, 3.8) is 0 Å². The number of anilines is 1. The lowest BCUT2D eigenvalue weighted by atomic mass is 9.87. The Hall–Kier alpha value is -4.33. The van der Waals surface area contributed by atoms with Crippen LogP contribution in [0.15, 0.2) is 77.9 Å². The van der Waals surface area contributed by atoms with Crippen LogP contribution in [0, 0.1) is 10.1 Å². The molecule has 0 spiro atoms. The maximum Gasteiger partial charge on any atom is 0.271 e. The molecule has 8 heteroatoms. The highest BCUT2D eigenvalue weighted by Gasteiger charge is 2.15. The summed E-state index contributed by atoms with van der Waals surface area (Å²) < 4.78 is 0. The topological polar surface area (TPSA) is 114 Å². The quantitative estimate of drug-likeness (QED) is 0.296. The molecule has 0 saturated heterocycles. The Balaban J connectivity index is 1.62. The molecule has 0 aliphatic rings. The number of nitro benzene ring substituents is 1. The molecule has 0 fully saturated rings. The van der Waals surface area contributed by atoms with Gasteiger partial charge in [0.05, 0.1) is 10.6 Å². The number of hydrazone groups is 1. The summed E-state index contributed by atoms with van der Waals surface area (Å²) in [5, 5.41) is 17.8. The lowest BCUT2D eigenvalue weighted by Gasteiger charge is -2.19. The summed E-state index contributed by atoms with van der Waals surface area (Å²) in [5.74, 6) is -0.685. The molecule has 174 valence electrons. The first-order valence-electron chi connectivity index (χ1n) is 10.7. The number of carbonyl (C=O) groups excluding carboxylic acids is 2. The molecule has 0 aromatic heterocycles. The van der Waals surface area contributed by atoms with Gasteiger partial charge in [-0.2, -0.15) is 5.10 Å². The monoisotopic (exact) mass is 458 g/mol. The Kier molecular flexibility index (Phi) is 7.21. The molecule has 0 unspecified atom stereocenters. The van der Waals surface area contributed by atoms with Gasteiger partial charge in [0, 0.05) is 34.5 Å². The minimum Gasteiger partial charge on any atom is -0.322 e. The van der Waals surface area contributed by atoms with E-state index < -0.39 is 10.8 Å². The molecule has 8 nitrogen and oxygen atoms in total. The third kappa shape index (κ3) is 6.13. The Labute approximate surface area is 197 Å². The first-order valence-corrected chi connectivity index (χ1v) is 10.7. The Bertz CT molecular complexity index is 1240. The van der Waals surface area contributed by atoms with E-state index in [1.165, 1.54) is 12.1 Å². The van der Waals surface area contributed by atoms with Crippen LogP contribution in [-0.4, -0.2) is 22.4 Å². The second kappa shape index (κ2) is 10.1. The van der Waals surface area contributed by atoms with E-state index in [1.807, 2.05) is 12.1 Å². The van der Waals surface area contributed by atoms with Crippen molar-refractivity contribution in [1.82, 2.24) is 5.43 Å². The molecule has 0 atom stereocenters. The standard InChI is InChI=1S/C26H26N4O4/c1-17(20-6-5-7-23(16-20)30(33)34)28-29-25(32)19-10-14-22(15-11-19)27-24(31)18-8-12-21(13-9-18)26(2,3)4/h5-16H,1-4H3,(H,27,31)(H,29,32)/b28-17+. The fraction of sp³-hybridized carbons (Fsp3) is 0.192. The normalized spacial score (nSPS) is 11.6. The van der Waals surface area contributed by atoms with E-state index in [-0.39, 0.29) is 17.0 Å². The fourth-order valence-corrected chi connectivity index (χ4v) is 3.14. The van der Waals surface area contributed by atoms with Crippen LogP contribution in [0.1, 0.15) is 59.5 Å². The zero-order chi connectivity index (χ0) is 24.9. The molecule has 3 aromatic carbocycles. The SMILES string of the molecule is C/C(=N\NC(=O)c1ccc(NC(=O)c2ccc(C(C)(C)C)cc2)cc1)c1cccc([N+](=O)[O-])c1. The number of nitrogens with zero attached hydrogens (tertiary/aromatic N) is 2. The summed E-state index contributed by atoms with van der Waals surface area (Å²) in [6, 6.07) is 19.9. The van der Waals surface area contributed by atoms with Crippen molar-refractivity contribution in [2.24, 2.45) is 5.10 Å². The van der Waals surface area contributed by atoms with E-state index in [1.54, 1.807) is 55.5 Å². The zero-order valence-corrected chi connectivity index (χ0v) is 19.5. The molecular formula is C26H26N4O4. The van der Waals surface area contributed by atoms with E-state index in [0.717, 1.165) is 5.56 Å². The molecule has 3 rings (SSSR count). The van der Waals surface area contributed by atoms with Gasteiger partial charge in [0.25, 0.3) is 17.5 Å². The average Bonchev–Trinajstić information content (AvgIpc) is 2.82. The number of nitrogens with one attached hydrogen (secondary N) is 2. The number of benzene rings is 3. The van der Waals surface area contributed by atoms with Crippen molar-refractivity contribution in [2.45, 2.75) is 33.1 Å². The number of hydrogen-bond donors (Lipinski definition) is 2. The molecule has 2 amide bonds. The minimum absolute atomic E-state index is 0.00700. The van der Waals surface area contributed by atoms with Crippen LogP contribution in [0.3, 0.4) is 0 Å². The van der Waals surface area contributed by atoms with E-state index in [4.69, 9.17) is 0 Å². The second-order valence-electron chi connectivity index (χ2n) is 8.80. The van der Waals surface area contributed by atoms with Gasteiger partial charge in [-0.1, -0.05) is 45.0 Å². The predicted octanol–water partition coefficient (Wildman–Crippen LogP) is 5.30. The molecule has 0 aliphatic carbocycles. The number of rotatable bonds is 6. The van der Waals surface area contributed by atoms with Crippen LogP contribution in [0.4, 0.5) is 11.4 Å². The molecule has 0 saturated carbocycles. The molecule has 0 heterocycles. The molecule has 34 heavy (non-hydrogen) atoms.